The van der Waals surface area contributed by atoms with Crippen LogP contribution in [0.4, 0.5) is 17.1 Å². The molecule has 0 spiro atoms. The Kier molecular flexibility index (Phi) is 3.99. The van der Waals surface area contributed by atoms with Gasteiger partial charge in [0.2, 0.25) is 0 Å². The number of nitrogens with zero attached hydrogens (tertiary/aromatic N) is 2. The highest BCUT2D eigenvalue weighted by Gasteiger charge is 2.37. The number of nitro groups is 1. The second-order valence-corrected chi connectivity index (χ2v) is 5.52. The summed E-state index contributed by atoms with van der Waals surface area (Å²) in [6.07, 6.45) is 0. The maximum Gasteiger partial charge on any atom is 0.314 e. The molecule has 0 fully saturated rings. The van der Waals surface area contributed by atoms with Crippen molar-refractivity contribution in [2.45, 2.75) is 13.0 Å². The van der Waals surface area contributed by atoms with Gasteiger partial charge < -0.3 is 10.4 Å². The van der Waals surface area contributed by atoms with Crippen molar-refractivity contribution in [3.05, 3.63) is 64.2 Å². The summed E-state index contributed by atoms with van der Waals surface area (Å²) in [5.41, 5.74) is 1.85. The molecule has 122 valence electrons. The first-order chi connectivity index (χ1) is 11.5. The van der Waals surface area contributed by atoms with E-state index in [1.165, 1.54) is 6.07 Å². The Morgan fingerprint density at radius 2 is 1.88 bits per heavy atom. The number of carboxylic acids is 1. The molecular formula is C17H15N3O4. The lowest BCUT2D eigenvalue weighted by Gasteiger charge is -2.24. The van der Waals surface area contributed by atoms with E-state index in [-0.39, 0.29) is 5.69 Å². The molecule has 1 aliphatic rings. The zero-order valence-electron chi connectivity index (χ0n) is 12.8. The smallest absolute Gasteiger partial charge is 0.314 e. The van der Waals surface area contributed by atoms with E-state index in [4.69, 9.17) is 0 Å². The van der Waals surface area contributed by atoms with Gasteiger partial charge in [-0.3, -0.25) is 19.9 Å². The molecule has 0 bridgehead atoms. The number of aliphatic imine (C=N–C) groups is 1. The van der Waals surface area contributed by atoms with Crippen LogP contribution in [0.3, 0.4) is 0 Å². The van der Waals surface area contributed by atoms with E-state index in [1.54, 1.807) is 49.4 Å². The van der Waals surface area contributed by atoms with Gasteiger partial charge in [-0.05, 0) is 19.1 Å². The third-order valence-electron chi connectivity index (χ3n) is 4.03. The second kappa shape index (κ2) is 6.11. The first kappa shape index (κ1) is 15.7. The predicted octanol–water partition coefficient (Wildman–Crippen LogP) is 3.55. The highest BCUT2D eigenvalue weighted by molar-refractivity contribution is 6.04. The Hall–Kier alpha value is -3.22. The third kappa shape index (κ3) is 2.71. The van der Waals surface area contributed by atoms with Crippen molar-refractivity contribution in [2.24, 2.45) is 10.9 Å². The van der Waals surface area contributed by atoms with Crippen LogP contribution >= 0.6 is 0 Å². The van der Waals surface area contributed by atoms with Crippen molar-refractivity contribution < 1.29 is 14.8 Å². The summed E-state index contributed by atoms with van der Waals surface area (Å²) in [6.45, 7) is 1.63. The first-order valence-electron chi connectivity index (χ1n) is 7.36. The van der Waals surface area contributed by atoms with Crippen molar-refractivity contribution in [3.63, 3.8) is 0 Å². The molecule has 0 aromatic heterocycles. The summed E-state index contributed by atoms with van der Waals surface area (Å²) >= 11 is 0. The van der Waals surface area contributed by atoms with E-state index < -0.39 is 22.9 Å². The molecule has 2 aromatic rings. The average molecular weight is 325 g/mol. The minimum Gasteiger partial charge on any atom is -0.481 e. The molecule has 1 aliphatic heterocycles. The molecule has 2 unspecified atom stereocenters. The van der Waals surface area contributed by atoms with E-state index in [0.717, 1.165) is 0 Å². The quantitative estimate of drug-likeness (QED) is 0.663. The maximum atomic E-state index is 11.8. The van der Waals surface area contributed by atoms with Gasteiger partial charge in [0.25, 0.3) is 5.69 Å². The number of nitrogens with one attached hydrogen (secondary N) is 1. The monoisotopic (exact) mass is 325 g/mol. The van der Waals surface area contributed by atoms with Gasteiger partial charge in [0, 0.05) is 11.8 Å². The normalized spacial score (nSPS) is 19.5. The van der Waals surface area contributed by atoms with Crippen LogP contribution in [0.15, 0.2) is 53.5 Å². The van der Waals surface area contributed by atoms with Crippen LogP contribution in [-0.2, 0) is 4.79 Å². The van der Waals surface area contributed by atoms with Crippen LogP contribution in [0, 0.1) is 16.0 Å². The van der Waals surface area contributed by atoms with Crippen molar-refractivity contribution in [1.29, 1.82) is 0 Å². The molecule has 0 radical (unpaired) electrons. The summed E-state index contributed by atoms with van der Waals surface area (Å²) in [7, 11) is 0. The minimum absolute atomic E-state index is 0.117. The molecule has 2 atom stereocenters. The second-order valence-electron chi connectivity index (χ2n) is 5.52. The molecule has 0 saturated heterocycles. The lowest BCUT2D eigenvalue weighted by atomic mass is 9.88. The van der Waals surface area contributed by atoms with Gasteiger partial charge in [0.1, 0.15) is 5.92 Å². The van der Waals surface area contributed by atoms with E-state index >= 15 is 0 Å². The molecule has 0 aliphatic carbocycles. The Balaban J connectivity index is 2.20. The largest absolute Gasteiger partial charge is 0.481 e. The Morgan fingerprint density at radius 1 is 1.21 bits per heavy atom. The highest BCUT2D eigenvalue weighted by atomic mass is 16.6. The Morgan fingerprint density at radius 3 is 2.58 bits per heavy atom. The topological polar surface area (TPSA) is 105 Å². The first-order valence-corrected chi connectivity index (χ1v) is 7.36. The number of carboxylic acid groups (broad SMARTS) is 1. The van der Waals surface area contributed by atoms with E-state index in [0.29, 0.717) is 22.6 Å². The van der Waals surface area contributed by atoms with Crippen molar-refractivity contribution in [1.82, 2.24) is 0 Å². The molecule has 0 saturated carbocycles. The SMILES string of the molecule is CC1=Nc2ccccc2NC(c2ccccc2[N+](=O)[O-])C1C(=O)O. The summed E-state index contributed by atoms with van der Waals surface area (Å²) < 4.78 is 0. The molecule has 2 N–H and O–H groups in total. The molecule has 7 nitrogen and oxygen atoms in total. The lowest BCUT2D eigenvalue weighted by molar-refractivity contribution is -0.385. The van der Waals surface area contributed by atoms with E-state index in [1.807, 2.05) is 0 Å². The van der Waals surface area contributed by atoms with Gasteiger partial charge in [-0.15, -0.1) is 0 Å². The number of hydrogen-bond acceptors (Lipinski definition) is 5. The molecule has 0 amide bonds. The van der Waals surface area contributed by atoms with Crippen LogP contribution in [0.2, 0.25) is 0 Å². The number of hydrogen-bond donors (Lipinski definition) is 2. The molecule has 3 rings (SSSR count). The number of aliphatic carboxylic acids is 1. The number of nitro benzene ring substituents is 1. The van der Waals surface area contributed by atoms with E-state index in [9.17, 15) is 20.0 Å². The summed E-state index contributed by atoms with van der Waals surface area (Å²) in [5, 5.41) is 24.2. The van der Waals surface area contributed by atoms with Crippen LogP contribution in [-0.4, -0.2) is 21.7 Å². The Bertz CT molecular complexity index is 847. The van der Waals surface area contributed by atoms with Gasteiger partial charge in [0.15, 0.2) is 0 Å². The number of carbonyl (C=O) groups is 1. The van der Waals surface area contributed by atoms with Crippen LogP contribution in [0.5, 0.6) is 0 Å². The summed E-state index contributed by atoms with van der Waals surface area (Å²) in [4.78, 5) is 27.1. The summed E-state index contributed by atoms with van der Waals surface area (Å²) in [5.74, 6) is -2.10. The molecular weight excluding hydrogens is 310 g/mol. The number of para-hydroxylation sites is 3. The van der Waals surface area contributed by atoms with E-state index in [2.05, 4.69) is 10.3 Å². The number of benzene rings is 2. The van der Waals surface area contributed by atoms with Crippen LogP contribution < -0.4 is 5.32 Å². The minimum atomic E-state index is -1.08. The van der Waals surface area contributed by atoms with Gasteiger partial charge in [-0.1, -0.05) is 30.3 Å². The summed E-state index contributed by atoms with van der Waals surface area (Å²) in [6, 6.07) is 12.5. The fraction of sp³-hybridized carbons (Fsp3) is 0.176. The number of fused-ring (bicyclic) bond motifs is 1. The molecule has 24 heavy (non-hydrogen) atoms. The molecule has 2 aromatic carbocycles. The van der Waals surface area contributed by atoms with Crippen molar-refractivity contribution in [2.75, 3.05) is 5.32 Å². The Labute approximate surface area is 137 Å². The number of rotatable bonds is 3. The average Bonchev–Trinajstić information content (AvgIpc) is 2.70. The van der Waals surface area contributed by atoms with Crippen LogP contribution in [0.25, 0.3) is 0 Å². The lowest BCUT2D eigenvalue weighted by Crippen LogP contribution is -2.32. The fourth-order valence-corrected chi connectivity index (χ4v) is 2.94. The fourth-order valence-electron chi connectivity index (χ4n) is 2.94. The van der Waals surface area contributed by atoms with Gasteiger partial charge in [0.05, 0.1) is 27.9 Å². The van der Waals surface area contributed by atoms with Gasteiger partial charge in [-0.2, -0.15) is 0 Å². The van der Waals surface area contributed by atoms with Gasteiger partial charge >= 0.3 is 5.97 Å². The zero-order valence-corrected chi connectivity index (χ0v) is 12.8. The van der Waals surface area contributed by atoms with Crippen LogP contribution in [0.1, 0.15) is 18.5 Å². The highest BCUT2D eigenvalue weighted by Crippen LogP contribution is 2.39. The van der Waals surface area contributed by atoms with Gasteiger partial charge in [-0.25, -0.2) is 0 Å². The maximum absolute atomic E-state index is 11.8. The third-order valence-corrected chi connectivity index (χ3v) is 4.03. The predicted molar refractivity (Wildman–Crippen MR) is 89.8 cm³/mol. The number of anilines is 1. The standard InChI is InChI=1S/C17H15N3O4/c1-10-15(17(21)22)16(11-6-2-5-9-14(11)20(23)24)19-13-8-4-3-7-12(13)18-10/h2-9,15-16,19H,1H3,(H,21,22). The van der Waals surface area contributed by atoms with Crippen molar-refractivity contribution >= 4 is 28.7 Å². The zero-order chi connectivity index (χ0) is 17.3. The molecule has 1 heterocycles. The van der Waals surface area contributed by atoms with Crippen molar-refractivity contribution in [3.8, 4) is 0 Å². The molecule has 7 heteroatoms.